The summed E-state index contributed by atoms with van der Waals surface area (Å²) in [5, 5.41) is 0. The van der Waals surface area contributed by atoms with Gasteiger partial charge in [-0.25, -0.2) is 0 Å². The second-order valence-electron chi connectivity index (χ2n) is 18.8. The van der Waals surface area contributed by atoms with E-state index in [-0.39, 0.29) is 37.5 Å². The standard InChI is InChI=1S/C68H106O6/c1-4-7-10-13-16-19-21-23-25-27-28-29-30-31-32-33-34-35-36-37-38-39-40-42-43-45-47-49-52-55-58-61-67(70)73-64-65(63-72-66(69)60-57-54-51-18-15-12-9-6-3)74-68(71)62-59-56-53-50-48-46-44-41-26-24-22-20-17-14-11-8-5-2/h7-8,10-11,16-17,19-20,23-26,28-29,31-32,34-35,37-38,40,42,44-47,65H,4-6,9,12-15,18,21-22,27,30,33,36,39,41,43,48-64H2,1-3H3/b10-7-,11-8-,19-16-,20-17-,25-23-,26-24-,29-28-,32-31-,35-34-,38-37-,42-40-,46-44-,47-45-. The Balaban J connectivity index is 4.34. The smallest absolute Gasteiger partial charge is 0.306 e. The van der Waals surface area contributed by atoms with Crippen molar-refractivity contribution < 1.29 is 28.6 Å². The number of hydrogen-bond donors (Lipinski definition) is 0. The molecule has 74 heavy (non-hydrogen) atoms. The Morgan fingerprint density at radius 1 is 0.284 bits per heavy atom. The van der Waals surface area contributed by atoms with Crippen molar-refractivity contribution in [2.75, 3.05) is 13.2 Å². The van der Waals surface area contributed by atoms with Crippen LogP contribution >= 0.6 is 0 Å². The van der Waals surface area contributed by atoms with Crippen LogP contribution in [-0.2, 0) is 28.6 Å². The van der Waals surface area contributed by atoms with Gasteiger partial charge in [-0.2, -0.15) is 0 Å². The van der Waals surface area contributed by atoms with Crippen LogP contribution in [0.1, 0.15) is 233 Å². The van der Waals surface area contributed by atoms with Gasteiger partial charge in [0.15, 0.2) is 6.10 Å². The zero-order chi connectivity index (χ0) is 53.6. The van der Waals surface area contributed by atoms with E-state index >= 15 is 0 Å². The molecular formula is C68H106O6. The molecule has 0 aliphatic rings. The van der Waals surface area contributed by atoms with Crippen LogP contribution in [0.15, 0.2) is 158 Å². The number of allylic oxidation sites excluding steroid dienone is 26. The number of esters is 3. The largest absolute Gasteiger partial charge is 0.462 e. The average Bonchev–Trinajstić information content (AvgIpc) is 3.40. The van der Waals surface area contributed by atoms with Crippen molar-refractivity contribution in [1.82, 2.24) is 0 Å². The van der Waals surface area contributed by atoms with Crippen molar-refractivity contribution in [2.45, 2.75) is 239 Å². The third-order valence-corrected chi connectivity index (χ3v) is 11.8. The lowest BCUT2D eigenvalue weighted by molar-refractivity contribution is -0.167. The van der Waals surface area contributed by atoms with E-state index < -0.39 is 6.10 Å². The Hall–Kier alpha value is -4.97. The molecule has 0 aromatic heterocycles. The summed E-state index contributed by atoms with van der Waals surface area (Å²) in [5.41, 5.74) is 0. The van der Waals surface area contributed by atoms with Crippen LogP contribution < -0.4 is 0 Å². The van der Waals surface area contributed by atoms with Crippen LogP contribution in [0.4, 0.5) is 0 Å². The fourth-order valence-corrected chi connectivity index (χ4v) is 7.42. The van der Waals surface area contributed by atoms with Crippen LogP contribution in [0.25, 0.3) is 0 Å². The van der Waals surface area contributed by atoms with Gasteiger partial charge in [-0.1, -0.05) is 243 Å². The number of carbonyl (C=O) groups excluding carboxylic acids is 3. The second-order valence-corrected chi connectivity index (χ2v) is 18.8. The van der Waals surface area contributed by atoms with Gasteiger partial charge < -0.3 is 14.2 Å². The van der Waals surface area contributed by atoms with E-state index in [4.69, 9.17) is 14.2 Å². The molecule has 6 heteroatoms. The maximum Gasteiger partial charge on any atom is 0.306 e. The van der Waals surface area contributed by atoms with Gasteiger partial charge in [0, 0.05) is 19.3 Å². The SMILES string of the molecule is CC/C=C\C/C=C\C/C=C\C/C=C\C/C=C\C/C=C\C/C=C\C/C=C\C/C=C\CCCCCC(=O)OCC(COC(=O)CCCCCCCCCC)OC(=O)CCCCCC/C=C\C/C=C\C/C=C\C/C=C\CC. The van der Waals surface area contributed by atoms with E-state index in [1.54, 1.807) is 0 Å². The molecule has 1 atom stereocenters. The van der Waals surface area contributed by atoms with Crippen molar-refractivity contribution in [2.24, 2.45) is 0 Å². The molecule has 0 saturated heterocycles. The first-order valence-electron chi connectivity index (χ1n) is 29.5. The predicted molar refractivity (Wildman–Crippen MR) is 320 cm³/mol. The van der Waals surface area contributed by atoms with Gasteiger partial charge in [0.1, 0.15) is 13.2 Å². The molecule has 0 amide bonds. The number of ether oxygens (including phenoxy) is 3. The summed E-state index contributed by atoms with van der Waals surface area (Å²) < 4.78 is 16.7. The van der Waals surface area contributed by atoms with Gasteiger partial charge in [0.2, 0.25) is 0 Å². The first-order chi connectivity index (χ1) is 36.5. The Bertz CT molecular complexity index is 1690. The lowest BCUT2D eigenvalue weighted by atomic mass is 10.1. The number of hydrogen-bond acceptors (Lipinski definition) is 6. The van der Waals surface area contributed by atoms with Crippen molar-refractivity contribution in [3.05, 3.63) is 158 Å². The summed E-state index contributed by atoms with van der Waals surface area (Å²) in [7, 11) is 0. The Morgan fingerprint density at radius 2 is 0.527 bits per heavy atom. The highest BCUT2D eigenvalue weighted by atomic mass is 16.6. The van der Waals surface area contributed by atoms with Crippen LogP contribution in [-0.4, -0.2) is 37.2 Å². The van der Waals surface area contributed by atoms with Crippen molar-refractivity contribution in [1.29, 1.82) is 0 Å². The predicted octanol–water partition coefficient (Wildman–Crippen LogP) is 20.1. The Kier molecular flexibility index (Phi) is 56.5. The molecule has 414 valence electrons. The van der Waals surface area contributed by atoms with Gasteiger partial charge in [-0.3, -0.25) is 14.4 Å². The van der Waals surface area contributed by atoms with Crippen molar-refractivity contribution in [3.8, 4) is 0 Å². The molecule has 0 rings (SSSR count). The molecule has 1 unspecified atom stereocenters. The second kappa shape index (κ2) is 60.6. The average molecular weight is 1020 g/mol. The first-order valence-corrected chi connectivity index (χ1v) is 29.5. The lowest BCUT2D eigenvalue weighted by Crippen LogP contribution is -2.30. The van der Waals surface area contributed by atoms with Crippen LogP contribution in [0.5, 0.6) is 0 Å². The van der Waals surface area contributed by atoms with Gasteiger partial charge in [0.05, 0.1) is 0 Å². The summed E-state index contributed by atoms with van der Waals surface area (Å²) in [6.07, 6.45) is 88.2. The van der Waals surface area contributed by atoms with E-state index in [9.17, 15) is 14.4 Å². The first kappa shape index (κ1) is 69.0. The number of rotatable bonds is 51. The highest BCUT2D eigenvalue weighted by molar-refractivity contribution is 5.71. The topological polar surface area (TPSA) is 78.9 Å². The van der Waals surface area contributed by atoms with Crippen molar-refractivity contribution >= 4 is 17.9 Å². The van der Waals surface area contributed by atoms with E-state index in [2.05, 4.69) is 179 Å². The minimum absolute atomic E-state index is 0.104. The van der Waals surface area contributed by atoms with Gasteiger partial charge in [-0.05, 0) is 128 Å². The molecule has 0 aliphatic carbocycles. The zero-order valence-electron chi connectivity index (χ0n) is 47.3. The van der Waals surface area contributed by atoms with E-state index in [1.165, 1.54) is 32.1 Å². The van der Waals surface area contributed by atoms with Gasteiger partial charge >= 0.3 is 17.9 Å². The molecule has 0 spiro atoms. The molecule has 0 radical (unpaired) electrons. The normalized spacial score (nSPS) is 13.3. The summed E-state index contributed by atoms with van der Waals surface area (Å²) in [6.45, 7) is 6.31. The number of unbranched alkanes of at least 4 members (excludes halogenated alkanes) is 14. The quantitative estimate of drug-likeness (QED) is 0.0261. The van der Waals surface area contributed by atoms with Crippen LogP contribution in [0, 0.1) is 0 Å². The fourth-order valence-electron chi connectivity index (χ4n) is 7.42. The molecule has 0 heterocycles. The molecule has 0 aliphatic heterocycles. The van der Waals surface area contributed by atoms with E-state index in [1.807, 2.05) is 0 Å². The maximum absolute atomic E-state index is 12.8. The van der Waals surface area contributed by atoms with E-state index in [0.717, 1.165) is 161 Å². The molecule has 0 aromatic rings. The molecule has 0 saturated carbocycles. The summed E-state index contributed by atoms with van der Waals surface area (Å²) in [6, 6.07) is 0. The van der Waals surface area contributed by atoms with E-state index in [0.29, 0.717) is 12.8 Å². The third-order valence-electron chi connectivity index (χ3n) is 11.8. The van der Waals surface area contributed by atoms with Gasteiger partial charge in [-0.15, -0.1) is 0 Å². The Labute approximate surface area is 454 Å². The monoisotopic (exact) mass is 1020 g/mol. The molecule has 0 N–H and O–H groups in total. The molecule has 6 nitrogen and oxygen atoms in total. The van der Waals surface area contributed by atoms with Crippen LogP contribution in [0.3, 0.4) is 0 Å². The summed E-state index contributed by atoms with van der Waals surface area (Å²) in [4.78, 5) is 38.0. The molecule has 0 fully saturated rings. The third kappa shape index (κ3) is 57.9. The molecule has 0 aromatic carbocycles. The van der Waals surface area contributed by atoms with Gasteiger partial charge in [0.25, 0.3) is 0 Å². The van der Waals surface area contributed by atoms with Crippen molar-refractivity contribution in [3.63, 3.8) is 0 Å². The zero-order valence-corrected chi connectivity index (χ0v) is 47.3. The highest BCUT2D eigenvalue weighted by Gasteiger charge is 2.19. The molecule has 0 bridgehead atoms. The Morgan fingerprint density at radius 3 is 0.838 bits per heavy atom. The maximum atomic E-state index is 12.8. The lowest BCUT2D eigenvalue weighted by Gasteiger charge is -2.18. The minimum atomic E-state index is -0.810. The fraction of sp³-hybridized carbons (Fsp3) is 0.574. The number of carbonyl (C=O) groups is 3. The van der Waals surface area contributed by atoms with Crippen LogP contribution in [0.2, 0.25) is 0 Å². The highest BCUT2D eigenvalue weighted by Crippen LogP contribution is 2.13. The minimum Gasteiger partial charge on any atom is -0.462 e. The summed E-state index contributed by atoms with van der Waals surface area (Å²) in [5.74, 6) is -0.976. The summed E-state index contributed by atoms with van der Waals surface area (Å²) >= 11 is 0. The molecular weight excluding hydrogens is 913 g/mol.